The highest BCUT2D eigenvalue weighted by molar-refractivity contribution is 5.71. The van der Waals surface area contributed by atoms with Crippen molar-refractivity contribution in [3.05, 3.63) is 28.7 Å². The van der Waals surface area contributed by atoms with Crippen molar-refractivity contribution in [2.45, 2.75) is 0 Å². The van der Waals surface area contributed by atoms with E-state index in [0.717, 1.165) is 6.20 Å². The van der Waals surface area contributed by atoms with Gasteiger partial charge in [-0.15, -0.1) is 0 Å². The summed E-state index contributed by atoms with van der Waals surface area (Å²) >= 11 is 0. The van der Waals surface area contributed by atoms with Crippen molar-refractivity contribution in [1.29, 1.82) is 0 Å². The van der Waals surface area contributed by atoms with Crippen molar-refractivity contribution < 1.29 is 4.92 Å². The molecule has 0 atom stereocenters. The number of nitro groups is 1. The van der Waals surface area contributed by atoms with Gasteiger partial charge in [0.2, 0.25) is 0 Å². The van der Waals surface area contributed by atoms with Crippen molar-refractivity contribution >= 4 is 16.9 Å². The summed E-state index contributed by atoms with van der Waals surface area (Å²) in [5, 5.41) is 10.3. The highest BCUT2D eigenvalue weighted by Gasteiger charge is 2.02. The van der Waals surface area contributed by atoms with Crippen molar-refractivity contribution in [3.8, 4) is 0 Å². The first-order valence-electron chi connectivity index (χ1n) is 3.15. The van der Waals surface area contributed by atoms with E-state index in [4.69, 9.17) is 0 Å². The third-order valence-corrected chi connectivity index (χ3v) is 1.42. The summed E-state index contributed by atoms with van der Waals surface area (Å²) < 4.78 is 0. The van der Waals surface area contributed by atoms with Crippen LogP contribution in [0.25, 0.3) is 11.2 Å². The van der Waals surface area contributed by atoms with Gasteiger partial charge in [0.1, 0.15) is 0 Å². The second-order valence-electron chi connectivity index (χ2n) is 2.17. The summed E-state index contributed by atoms with van der Waals surface area (Å²) in [6.07, 6.45) is 2.48. The molecule has 0 aliphatic carbocycles. The fourth-order valence-corrected chi connectivity index (χ4v) is 0.875. The third kappa shape index (κ3) is 0.895. The Morgan fingerprint density at radius 2 is 2.33 bits per heavy atom. The van der Waals surface area contributed by atoms with Crippen LogP contribution in [-0.2, 0) is 0 Å². The minimum atomic E-state index is -0.513. The number of aromatic nitrogens is 3. The molecule has 0 unspecified atom stereocenters. The molecule has 60 valence electrons. The molecule has 0 radical (unpaired) electrons. The van der Waals surface area contributed by atoms with Crippen LogP contribution in [0.15, 0.2) is 18.6 Å². The van der Waals surface area contributed by atoms with Crippen LogP contribution in [0.4, 0.5) is 5.69 Å². The van der Waals surface area contributed by atoms with Gasteiger partial charge in [-0.3, -0.25) is 10.1 Å². The largest absolute Gasteiger partial charge is 0.368 e. The monoisotopic (exact) mass is 163 g/mol. The first kappa shape index (κ1) is 6.71. The number of imidazole rings is 1. The predicted octanol–water partition coefficient (Wildman–Crippen LogP) is 0.495. The zero-order valence-corrected chi connectivity index (χ0v) is 5.84. The van der Waals surface area contributed by atoms with Crippen LogP contribution in [-0.4, -0.2) is 14.9 Å². The van der Waals surface area contributed by atoms with Crippen molar-refractivity contribution in [3.63, 3.8) is 0 Å². The van der Waals surface area contributed by atoms with Crippen LogP contribution in [0.1, 0.15) is 0 Å². The zero-order valence-electron chi connectivity index (χ0n) is 5.84. The number of hydrogen-bond donors (Lipinski definition) is 0. The molecule has 2 heterocycles. The third-order valence-electron chi connectivity index (χ3n) is 1.42. The molecule has 0 amide bonds. The minimum Gasteiger partial charge on any atom is -0.368 e. The van der Waals surface area contributed by atoms with Crippen LogP contribution < -0.4 is 4.98 Å². The van der Waals surface area contributed by atoms with Crippen LogP contribution >= 0.6 is 0 Å². The zero-order chi connectivity index (χ0) is 8.55. The molecule has 0 fully saturated rings. The molecule has 6 heteroatoms. The summed E-state index contributed by atoms with van der Waals surface area (Å²) in [6.45, 7) is 0. The van der Waals surface area contributed by atoms with E-state index in [1.165, 1.54) is 12.4 Å². The Morgan fingerprint density at radius 3 is 3.08 bits per heavy atom. The molecular formula is C6H3N4O2-. The van der Waals surface area contributed by atoms with Crippen LogP contribution in [0, 0.1) is 10.1 Å². The maximum absolute atomic E-state index is 10.3. The Hall–Kier alpha value is -1.98. The van der Waals surface area contributed by atoms with Crippen molar-refractivity contribution in [1.82, 2.24) is 15.0 Å². The molecular weight excluding hydrogens is 160 g/mol. The van der Waals surface area contributed by atoms with E-state index in [0.29, 0.717) is 11.2 Å². The van der Waals surface area contributed by atoms with Gasteiger partial charge >= 0.3 is 0 Å². The topological polar surface area (TPSA) is 83.0 Å². The van der Waals surface area contributed by atoms with Gasteiger partial charge < -0.3 is 15.0 Å². The van der Waals surface area contributed by atoms with Gasteiger partial charge in [-0.25, -0.2) is 0 Å². The number of rotatable bonds is 1. The van der Waals surface area contributed by atoms with Crippen LogP contribution in [0.3, 0.4) is 0 Å². The number of hydrogen-bond acceptors (Lipinski definition) is 4. The highest BCUT2D eigenvalue weighted by atomic mass is 16.6. The normalized spacial score (nSPS) is 10.3. The van der Waals surface area contributed by atoms with E-state index in [1.54, 1.807) is 0 Å². The average molecular weight is 163 g/mol. The fourth-order valence-electron chi connectivity index (χ4n) is 0.875. The molecule has 6 nitrogen and oxygen atoms in total. The molecule has 12 heavy (non-hydrogen) atoms. The van der Waals surface area contributed by atoms with Crippen molar-refractivity contribution in [2.75, 3.05) is 0 Å². The summed E-state index contributed by atoms with van der Waals surface area (Å²) in [5.74, 6) is 0. The molecule has 0 spiro atoms. The molecule has 0 N–H and O–H groups in total. The van der Waals surface area contributed by atoms with Gasteiger partial charge in [0.05, 0.1) is 4.92 Å². The first-order valence-corrected chi connectivity index (χ1v) is 3.15. The second kappa shape index (κ2) is 2.26. The van der Waals surface area contributed by atoms with Gasteiger partial charge in [0, 0.05) is 23.4 Å². The van der Waals surface area contributed by atoms with E-state index in [2.05, 4.69) is 15.0 Å². The van der Waals surface area contributed by atoms with E-state index in [1.807, 2.05) is 0 Å². The van der Waals surface area contributed by atoms with Crippen molar-refractivity contribution in [2.24, 2.45) is 0 Å². The molecule has 2 aromatic heterocycles. The Morgan fingerprint density at radius 1 is 1.50 bits per heavy atom. The average Bonchev–Trinajstić information content (AvgIpc) is 2.49. The summed E-state index contributed by atoms with van der Waals surface area (Å²) in [7, 11) is 0. The molecule has 0 saturated carbocycles. The molecule has 0 aliphatic heterocycles. The van der Waals surface area contributed by atoms with E-state index in [9.17, 15) is 10.1 Å². The van der Waals surface area contributed by atoms with E-state index in [-0.39, 0.29) is 5.69 Å². The lowest BCUT2D eigenvalue weighted by Crippen LogP contribution is -1.89. The Balaban J connectivity index is 2.68. The maximum Gasteiger partial charge on any atom is 0.272 e. The van der Waals surface area contributed by atoms with Gasteiger partial charge in [0.25, 0.3) is 5.69 Å². The number of fused-ring (bicyclic) bond motifs is 1. The smallest absolute Gasteiger partial charge is 0.272 e. The molecule has 0 bridgehead atoms. The highest BCUT2D eigenvalue weighted by Crippen LogP contribution is 2.13. The predicted molar refractivity (Wildman–Crippen MR) is 39.5 cm³/mol. The van der Waals surface area contributed by atoms with Gasteiger partial charge in [-0.05, 0) is 6.33 Å². The van der Waals surface area contributed by atoms with Crippen LogP contribution in [0.5, 0.6) is 0 Å². The summed E-state index contributed by atoms with van der Waals surface area (Å²) in [5.41, 5.74) is 0.813. The van der Waals surface area contributed by atoms with Crippen LogP contribution in [0.2, 0.25) is 0 Å². The number of pyridine rings is 1. The molecule has 0 saturated heterocycles. The SMILES string of the molecule is O=[N+]([O-])c1cnc2[n-]cnc2c1. The van der Waals surface area contributed by atoms with E-state index >= 15 is 0 Å². The first-order chi connectivity index (χ1) is 5.77. The molecule has 0 aliphatic rings. The lowest BCUT2D eigenvalue weighted by atomic mass is 10.4. The Kier molecular flexibility index (Phi) is 1.26. The van der Waals surface area contributed by atoms with Gasteiger partial charge in [-0.1, -0.05) is 0 Å². The number of nitrogens with zero attached hydrogens (tertiary/aromatic N) is 4. The molecule has 0 aromatic carbocycles. The lowest BCUT2D eigenvalue weighted by molar-refractivity contribution is -0.385. The second-order valence-corrected chi connectivity index (χ2v) is 2.17. The Bertz CT molecular complexity index is 436. The molecule has 2 rings (SSSR count). The quantitative estimate of drug-likeness (QED) is 0.451. The van der Waals surface area contributed by atoms with E-state index < -0.39 is 4.92 Å². The summed E-state index contributed by atoms with van der Waals surface area (Å²) in [4.78, 5) is 21.1. The fraction of sp³-hybridized carbons (Fsp3) is 0. The Labute approximate surface area is 66.4 Å². The molecule has 2 aromatic rings. The lowest BCUT2D eigenvalue weighted by Gasteiger charge is -1.94. The summed E-state index contributed by atoms with van der Waals surface area (Å²) in [6, 6.07) is 1.34. The maximum atomic E-state index is 10.3. The van der Waals surface area contributed by atoms with Gasteiger partial charge in [0.15, 0.2) is 0 Å². The minimum absolute atomic E-state index is 0.0667. The van der Waals surface area contributed by atoms with Gasteiger partial charge in [-0.2, -0.15) is 0 Å². The standard InChI is InChI=1S/C6H3N4O2/c11-10(12)4-1-5-6(7-2-4)9-3-8-5/h1-3H/q-1.